The van der Waals surface area contributed by atoms with E-state index < -0.39 is 23.6 Å². The molecular weight excluding hydrogens is 512 g/mol. The minimum atomic E-state index is -4.51. The zero-order chi connectivity index (χ0) is 26.7. The first-order valence-corrected chi connectivity index (χ1v) is 12.5. The van der Waals surface area contributed by atoms with E-state index in [2.05, 4.69) is 15.4 Å². The molecule has 0 radical (unpaired) electrons. The molecule has 2 saturated heterocycles. The van der Waals surface area contributed by atoms with Gasteiger partial charge >= 0.3 is 12.4 Å². The maximum Gasteiger partial charge on any atom is 0.433 e. The first-order chi connectivity index (χ1) is 18.1. The highest BCUT2D eigenvalue weighted by Gasteiger charge is 2.45. The second kappa shape index (κ2) is 9.05. The molecule has 3 aliphatic heterocycles. The van der Waals surface area contributed by atoms with Gasteiger partial charge in [0.1, 0.15) is 5.69 Å². The van der Waals surface area contributed by atoms with Gasteiger partial charge in [-0.2, -0.15) is 26.3 Å². The van der Waals surface area contributed by atoms with Gasteiger partial charge in [-0.15, -0.1) is 0 Å². The molecule has 13 heteroatoms. The van der Waals surface area contributed by atoms with Crippen molar-refractivity contribution in [2.75, 3.05) is 36.0 Å². The fraction of sp³-hybridized carbons (Fsp3) is 0.480. The fourth-order valence-corrected chi connectivity index (χ4v) is 5.81. The molecule has 7 nitrogen and oxygen atoms in total. The number of rotatable bonds is 3. The number of hydrazine groups is 1. The highest BCUT2D eigenvalue weighted by Crippen LogP contribution is 2.42. The van der Waals surface area contributed by atoms with E-state index in [-0.39, 0.29) is 17.9 Å². The lowest BCUT2D eigenvalue weighted by Gasteiger charge is -2.38. The summed E-state index contributed by atoms with van der Waals surface area (Å²) in [5.41, 5.74) is 2.65. The third-order valence-corrected chi connectivity index (χ3v) is 7.59. The van der Waals surface area contributed by atoms with Gasteiger partial charge in [0, 0.05) is 38.1 Å². The van der Waals surface area contributed by atoms with E-state index in [1.165, 1.54) is 18.3 Å². The Morgan fingerprint density at radius 2 is 1.61 bits per heavy atom. The average Bonchev–Trinajstić information content (AvgIpc) is 3.35. The summed E-state index contributed by atoms with van der Waals surface area (Å²) in [6.45, 7) is 2.41. The van der Waals surface area contributed by atoms with Crippen LogP contribution in [0.25, 0.3) is 0 Å². The molecule has 0 spiro atoms. The van der Waals surface area contributed by atoms with Crippen LogP contribution in [0.2, 0.25) is 0 Å². The van der Waals surface area contributed by atoms with Crippen molar-refractivity contribution in [2.24, 2.45) is 21.8 Å². The minimum absolute atomic E-state index is 0.0726. The van der Waals surface area contributed by atoms with E-state index >= 15 is 0 Å². The van der Waals surface area contributed by atoms with E-state index in [4.69, 9.17) is 4.99 Å². The van der Waals surface area contributed by atoms with Crippen molar-refractivity contribution in [3.05, 3.63) is 53.9 Å². The molecule has 0 amide bonds. The third-order valence-electron chi connectivity index (χ3n) is 7.59. The quantitative estimate of drug-likeness (QED) is 0.572. The Kier molecular flexibility index (Phi) is 5.91. The van der Waals surface area contributed by atoms with Crippen LogP contribution >= 0.6 is 0 Å². The number of hydrogen-bond donors (Lipinski definition) is 1. The summed E-state index contributed by atoms with van der Waals surface area (Å²) in [6.07, 6.45) is -5.14. The van der Waals surface area contributed by atoms with E-state index in [1.807, 2.05) is 9.91 Å². The predicted octanol–water partition coefficient (Wildman–Crippen LogP) is 4.78. The molecule has 38 heavy (non-hydrogen) atoms. The normalized spacial score (nSPS) is 26.5. The predicted molar refractivity (Wildman–Crippen MR) is 130 cm³/mol. The zero-order valence-electron chi connectivity index (χ0n) is 20.2. The number of aromatic nitrogens is 1. The first kappa shape index (κ1) is 24.8. The van der Waals surface area contributed by atoms with Gasteiger partial charge in [-0.1, -0.05) is 0 Å². The molecule has 202 valence electrons. The number of benzene rings is 1. The number of nitrogens with zero attached hydrogens (tertiary/aromatic N) is 6. The molecule has 1 aromatic heterocycles. The lowest BCUT2D eigenvalue weighted by Crippen LogP contribution is -2.46. The third kappa shape index (κ3) is 4.51. The van der Waals surface area contributed by atoms with Crippen LogP contribution in [-0.4, -0.2) is 54.1 Å². The Morgan fingerprint density at radius 3 is 2.26 bits per heavy atom. The van der Waals surface area contributed by atoms with Crippen LogP contribution in [-0.2, 0) is 12.4 Å². The molecule has 3 fully saturated rings. The number of guanidine groups is 2. The SMILES string of the molecule is FC(F)(F)c1ccc(N2C(=NC3C4CCC3CN(c3ccnc(C(F)(F)F)c3)C4)NN3CCCN=C32)cc1. The number of hydrogen-bond acceptors (Lipinski definition) is 5. The van der Waals surface area contributed by atoms with Crippen LogP contribution in [0.3, 0.4) is 0 Å². The van der Waals surface area contributed by atoms with Crippen LogP contribution in [0, 0.1) is 11.8 Å². The van der Waals surface area contributed by atoms with Gasteiger partial charge in [0.15, 0.2) is 0 Å². The topological polar surface area (TPSA) is 59.4 Å². The van der Waals surface area contributed by atoms with Gasteiger partial charge in [-0.3, -0.25) is 20.4 Å². The molecule has 2 unspecified atom stereocenters. The molecule has 1 aromatic carbocycles. The smallest absolute Gasteiger partial charge is 0.371 e. The molecule has 2 atom stereocenters. The number of alkyl halides is 6. The van der Waals surface area contributed by atoms with Crippen LogP contribution < -0.4 is 15.2 Å². The Hall–Kier alpha value is -3.51. The van der Waals surface area contributed by atoms with Crippen LogP contribution in [0.5, 0.6) is 0 Å². The summed E-state index contributed by atoms with van der Waals surface area (Å²) in [4.78, 5) is 16.9. The van der Waals surface area contributed by atoms with Crippen molar-refractivity contribution < 1.29 is 26.3 Å². The summed E-state index contributed by atoms with van der Waals surface area (Å²) >= 11 is 0. The van der Waals surface area contributed by atoms with E-state index in [9.17, 15) is 26.3 Å². The van der Waals surface area contributed by atoms with E-state index in [1.54, 1.807) is 11.0 Å². The van der Waals surface area contributed by atoms with Gasteiger partial charge in [-0.05, 0) is 67.5 Å². The van der Waals surface area contributed by atoms with Crippen molar-refractivity contribution in [3.63, 3.8) is 0 Å². The second-order valence-electron chi connectivity index (χ2n) is 10.0. The van der Waals surface area contributed by atoms with Gasteiger partial charge < -0.3 is 4.90 Å². The zero-order valence-corrected chi connectivity index (χ0v) is 20.2. The highest BCUT2D eigenvalue weighted by molar-refractivity contribution is 6.21. The minimum Gasteiger partial charge on any atom is -0.371 e. The fourth-order valence-electron chi connectivity index (χ4n) is 5.81. The number of anilines is 2. The lowest BCUT2D eigenvalue weighted by atomic mass is 9.92. The van der Waals surface area contributed by atoms with Crippen molar-refractivity contribution >= 4 is 23.3 Å². The molecule has 6 rings (SSSR count). The van der Waals surface area contributed by atoms with Gasteiger partial charge in [0.05, 0.1) is 17.3 Å². The largest absolute Gasteiger partial charge is 0.433 e. The summed E-state index contributed by atoms with van der Waals surface area (Å²) in [5.74, 6) is 1.35. The summed E-state index contributed by atoms with van der Waals surface area (Å²) in [5, 5.41) is 1.85. The average molecular weight is 538 g/mol. The van der Waals surface area contributed by atoms with Crippen molar-refractivity contribution in [3.8, 4) is 0 Å². The molecule has 1 N–H and O–H groups in total. The molecule has 2 aromatic rings. The number of piperidine rings is 1. The van der Waals surface area contributed by atoms with Crippen molar-refractivity contribution in [2.45, 2.75) is 37.7 Å². The summed E-state index contributed by atoms with van der Waals surface area (Å²) < 4.78 is 79.0. The van der Waals surface area contributed by atoms with Crippen molar-refractivity contribution in [1.82, 2.24) is 15.4 Å². The van der Waals surface area contributed by atoms with Crippen molar-refractivity contribution in [1.29, 1.82) is 0 Å². The number of fused-ring (bicyclic) bond motifs is 3. The lowest BCUT2D eigenvalue weighted by molar-refractivity contribution is -0.141. The van der Waals surface area contributed by atoms with Crippen LogP contribution in [0.1, 0.15) is 30.5 Å². The molecular formula is C25H25F6N7. The van der Waals surface area contributed by atoms with Gasteiger partial charge in [0.2, 0.25) is 11.9 Å². The van der Waals surface area contributed by atoms with Crippen LogP contribution in [0.4, 0.5) is 37.7 Å². The number of nitrogens with one attached hydrogen (secondary N) is 1. The molecule has 2 bridgehead atoms. The molecule has 1 aliphatic carbocycles. The monoisotopic (exact) mass is 537 g/mol. The summed E-state index contributed by atoms with van der Waals surface area (Å²) in [6, 6.07) is 7.54. The second-order valence-corrected chi connectivity index (χ2v) is 10.0. The Morgan fingerprint density at radius 1 is 0.895 bits per heavy atom. The highest BCUT2D eigenvalue weighted by atomic mass is 19.4. The Balaban J connectivity index is 1.27. The molecule has 4 heterocycles. The van der Waals surface area contributed by atoms with Gasteiger partial charge in [0.25, 0.3) is 0 Å². The maximum atomic E-state index is 13.2. The van der Waals surface area contributed by atoms with E-state index in [0.717, 1.165) is 37.5 Å². The molecule has 1 saturated carbocycles. The number of pyridine rings is 1. The van der Waals surface area contributed by atoms with E-state index in [0.29, 0.717) is 49.5 Å². The number of aliphatic imine (C=N–C) groups is 2. The number of halogens is 6. The first-order valence-electron chi connectivity index (χ1n) is 12.5. The maximum absolute atomic E-state index is 13.2. The standard InChI is InChI=1S/C25H25F6N7/c26-24(27,28)17-4-6-18(7-5-17)38-22(35-37-11-1-9-33-23(37)38)34-21-15-2-3-16(21)14-36(13-15)19-8-10-32-20(12-19)25(29,30)31/h4-8,10,12,15-16,21H,1-3,9,11,13-14H2,(H,34,35). The molecule has 4 aliphatic rings. The summed E-state index contributed by atoms with van der Waals surface area (Å²) in [7, 11) is 0. The Bertz CT molecular complexity index is 1240. The van der Waals surface area contributed by atoms with Crippen LogP contribution in [0.15, 0.2) is 52.6 Å². The van der Waals surface area contributed by atoms with Gasteiger partial charge in [-0.25, -0.2) is 9.89 Å². The Labute approximate surface area is 214 Å².